The van der Waals surface area contributed by atoms with E-state index in [4.69, 9.17) is 16.3 Å². The van der Waals surface area contributed by atoms with Crippen LogP contribution in [0, 0.1) is 0 Å². The van der Waals surface area contributed by atoms with Gasteiger partial charge in [0.05, 0.1) is 13.5 Å². The smallest absolute Gasteiger partial charge is 0.243 e. The Balaban J connectivity index is 1.81. The van der Waals surface area contributed by atoms with Gasteiger partial charge >= 0.3 is 0 Å². The fourth-order valence-corrected chi connectivity index (χ4v) is 4.31. The molecule has 0 radical (unpaired) electrons. The van der Waals surface area contributed by atoms with Gasteiger partial charge in [-0.1, -0.05) is 61.7 Å². The molecule has 0 heterocycles. The molecule has 1 unspecified atom stereocenters. The largest absolute Gasteiger partial charge is 0.497 e. The number of nitrogens with one attached hydrogen (secondary N) is 1. The van der Waals surface area contributed by atoms with Crippen molar-refractivity contribution in [1.82, 2.24) is 10.2 Å². The maximum Gasteiger partial charge on any atom is 0.243 e. The monoisotopic (exact) mass is 442 g/mol. The Kier molecular flexibility index (Phi) is 8.35. The summed E-state index contributed by atoms with van der Waals surface area (Å²) in [5, 5.41) is 3.76. The summed E-state index contributed by atoms with van der Waals surface area (Å²) in [6.07, 6.45) is 5.04. The van der Waals surface area contributed by atoms with Gasteiger partial charge in [-0.05, 0) is 48.6 Å². The van der Waals surface area contributed by atoms with Crippen LogP contribution in [0.3, 0.4) is 0 Å². The van der Waals surface area contributed by atoms with Gasteiger partial charge < -0.3 is 15.0 Å². The molecule has 1 aliphatic carbocycles. The zero-order valence-corrected chi connectivity index (χ0v) is 19.0. The van der Waals surface area contributed by atoms with Crippen molar-refractivity contribution in [2.24, 2.45) is 0 Å². The first-order valence-corrected chi connectivity index (χ1v) is 11.4. The summed E-state index contributed by atoms with van der Waals surface area (Å²) in [6, 6.07) is 14.6. The van der Waals surface area contributed by atoms with E-state index in [-0.39, 0.29) is 24.3 Å². The number of rotatable bonds is 9. The van der Waals surface area contributed by atoms with Gasteiger partial charge in [0, 0.05) is 17.6 Å². The van der Waals surface area contributed by atoms with Crippen LogP contribution in [-0.4, -0.2) is 35.9 Å². The highest BCUT2D eigenvalue weighted by Gasteiger charge is 2.30. The number of hydrogen-bond donors (Lipinski definition) is 1. The molecular weight excluding hydrogens is 412 g/mol. The molecule has 31 heavy (non-hydrogen) atoms. The molecule has 1 N–H and O–H groups in total. The predicted octanol–water partition coefficient (Wildman–Crippen LogP) is 4.76. The lowest BCUT2D eigenvalue weighted by atomic mass is 10.1. The summed E-state index contributed by atoms with van der Waals surface area (Å²) in [6.45, 7) is 2.24. The topological polar surface area (TPSA) is 58.6 Å². The van der Waals surface area contributed by atoms with Crippen LogP contribution in [0.15, 0.2) is 48.5 Å². The quantitative estimate of drug-likeness (QED) is 0.609. The highest BCUT2D eigenvalue weighted by molar-refractivity contribution is 6.31. The number of ether oxygens (including phenoxy) is 1. The lowest BCUT2D eigenvalue weighted by Crippen LogP contribution is -2.51. The number of nitrogens with zero attached hydrogens (tertiary/aromatic N) is 1. The SMILES string of the molecule is CCC(C(=O)NC1CCCC1)N(Cc1ccccc1Cl)C(=O)Cc1ccc(OC)cc1. The number of halogens is 1. The summed E-state index contributed by atoms with van der Waals surface area (Å²) in [4.78, 5) is 28.2. The van der Waals surface area contributed by atoms with E-state index < -0.39 is 6.04 Å². The van der Waals surface area contributed by atoms with E-state index in [1.54, 1.807) is 12.0 Å². The van der Waals surface area contributed by atoms with E-state index in [1.165, 1.54) is 0 Å². The van der Waals surface area contributed by atoms with Crippen molar-refractivity contribution < 1.29 is 14.3 Å². The Morgan fingerprint density at radius 1 is 1.13 bits per heavy atom. The van der Waals surface area contributed by atoms with Crippen LogP contribution in [0.1, 0.15) is 50.2 Å². The zero-order valence-electron chi connectivity index (χ0n) is 18.3. The molecule has 1 saturated carbocycles. The molecule has 2 amide bonds. The van der Waals surface area contributed by atoms with Crippen LogP contribution < -0.4 is 10.1 Å². The van der Waals surface area contributed by atoms with Crippen molar-refractivity contribution in [3.8, 4) is 5.75 Å². The number of carbonyl (C=O) groups is 2. The van der Waals surface area contributed by atoms with Crippen molar-refractivity contribution in [1.29, 1.82) is 0 Å². The van der Waals surface area contributed by atoms with Gasteiger partial charge in [-0.3, -0.25) is 9.59 Å². The first kappa shape index (κ1) is 23.1. The zero-order chi connectivity index (χ0) is 22.2. The number of hydrogen-bond acceptors (Lipinski definition) is 3. The van der Waals surface area contributed by atoms with Crippen LogP contribution in [0.25, 0.3) is 0 Å². The third-order valence-corrected chi connectivity index (χ3v) is 6.27. The van der Waals surface area contributed by atoms with Crippen LogP contribution in [-0.2, 0) is 22.6 Å². The normalized spacial score (nSPS) is 14.8. The van der Waals surface area contributed by atoms with Gasteiger partial charge in [-0.15, -0.1) is 0 Å². The second-order valence-corrected chi connectivity index (χ2v) is 8.46. The molecule has 1 atom stereocenters. The standard InChI is InChI=1S/C25H31ClN2O3/c1-3-23(25(30)27-20-9-5-6-10-20)28(17-19-8-4-7-11-22(19)26)24(29)16-18-12-14-21(31-2)15-13-18/h4,7-8,11-15,20,23H,3,5-6,9-10,16-17H2,1-2H3,(H,27,30). The summed E-state index contributed by atoms with van der Waals surface area (Å²) in [7, 11) is 1.61. The Morgan fingerprint density at radius 3 is 2.42 bits per heavy atom. The average Bonchev–Trinajstić information content (AvgIpc) is 3.28. The van der Waals surface area contributed by atoms with Gasteiger partial charge in [0.1, 0.15) is 11.8 Å². The van der Waals surface area contributed by atoms with Crippen molar-refractivity contribution in [2.75, 3.05) is 7.11 Å². The first-order valence-electron chi connectivity index (χ1n) is 11.0. The van der Waals surface area contributed by atoms with Crippen molar-refractivity contribution in [3.05, 3.63) is 64.7 Å². The van der Waals surface area contributed by atoms with Gasteiger partial charge in [-0.25, -0.2) is 0 Å². The fraction of sp³-hybridized carbons (Fsp3) is 0.440. The van der Waals surface area contributed by atoms with Gasteiger partial charge in [0.15, 0.2) is 0 Å². The van der Waals surface area contributed by atoms with Gasteiger partial charge in [0.25, 0.3) is 0 Å². The van der Waals surface area contributed by atoms with Crippen LogP contribution in [0.5, 0.6) is 5.75 Å². The van der Waals surface area contributed by atoms with Crippen LogP contribution >= 0.6 is 11.6 Å². The molecule has 2 aromatic rings. The van der Waals surface area contributed by atoms with Crippen LogP contribution in [0.2, 0.25) is 5.02 Å². The molecule has 0 aromatic heterocycles. The number of benzene rings is 2. The summed E-state index contributed by atoms with van der Waals surface area (Å²) < 4.78 is 5.20. The van der Waals surface area contributed by atoms with Gasteiger partial charge in [0.2, 0.25) is 11.8 Å². The lowest BCUT2D eigenvalue weighted by Gasteiger charge is -2.32. The fourth-order valence-electron chi connectivity index (χ4n) is 4.12. The van der Waals surface area contributed by atoms with E-state index in [0.29, 0.717) is 18.0 Å². The Hall–Kier alpha value is -2.53. The molecule has 0 saturated heterocycles. The molecule has 0 aliphatic heterocycles. The van der Waals surface area contributed by atoms with Crippen molar-refractivity contribution in [3.63, 3.8) is 0 Å². The molecule has 0 bridgehead atoms. The third kappa shape index (κ3) is 6.23. The minimum atomic E-state index is -0.539. The average molecular weight is 443 g/mol. The minimum absolute atomic E-state index is 0.0791. The Bertz CT molecular complexity index is 879. The van der Waals surface area contributed by atoms with E-state index in [2.05, 4.69) is 5.32 Å². The predicted molar refractivity (Wildman–Crippen MR) is 123 cm³/mol. The maximum absolute atomic E-state index is 13.4. The first-order chi connectivity index (χ1) is 15.0. The van der Waals surface area contributed by atoms with E-state index in [0.717, 1.165) is 42.6 Å². The molecule has 1 fully saturated rings. The lowest BCUT2D eigenvalue weighted by molar-refractivity contribution is -0.141. The van der Waals surface area contributed by atoms with Crippen molar-refractivity contribution in [2.45, 2.75) is 64.1 Å². The van der Waals surface area contributed by atoms with Crippen molar-refractivity contribution >= 4 is 23.4 Å². The highest BCUT2D eigenvalue weighted by Crippen LogP contribution is 2.22. The second-order valence-electron chi connectivity index (χ2n) is 8.05. The number of amides is 2. The molecule has 6 heteroatoms. The highest BCUT2D eigenvalue weighted by atomic mass is 35.5. The molecule has 5 nitrogen and oxygen atoms in total. The second kappa shape index (κ2) is 11.2. The van der Waals surface area contributed by atoms with E-state index >= 15 is 0 Å². The molecular formula is C25H31ClN2O3. The molecule has 2 aromatic carbocycles. The molecule has 3 rings (SSSR count). The number of methoxy groups -OCH3 is 1. The van der Waals surface area contributed by atoms with E-state index in [9.17, 15) is 9.59 Å². The summed E-state index contributed by atoms with van der Waals surface area (Å²) >= 11 is 6.38. The summed E-state index contributed by atoms with van der Waals surface area (Å²) in [5.74, 6) is 0.564. The third-order valence-electron chi connectivity index (χ3n) is 5.90. The van der Waals surface area contributed by atoms with E-state index in [1.807, 2.05) is 55.5 Å². The van der Waals surface area contributed by atoms with Gasteiger partial charge in [-0.2, -0.15) is 0 Å². The maximum atomic E-state index is 13.4. The van der Waals surface area contributed by atoms with Crippen LogP contribution in [0.4, 0.5) is 0 Å². The number of carbonyl (C=O) groups excluding carboxylic acids is 2. The Morgan fingerprint density at radius 2 is 1.81 bits per heavy atom. The summed E-state index contributed by atoms with van der Waals surface area (Å²) in [5.41, 5.74) is 1.71. The molecule has 0 spiro atoms. The Labute approximate surface area is 189 Å². The molecule has 1 aliphatic rings. The minimum Gasteiger partial charge on any atom is -0.497 e. The molecule has 166 valence electrons.